The van der Waals surface area contributed by atoms with Crippen molar-refractivity contribution in [2.75, 3.05) is 6.54 Å². The van der Waals surface area contributed by atoms with Gasteiger partial charge in [0, 0.05) is 5.56 Å². The van der Waals surface area contributed by atoms with E-state index in [2.05, 4.69) is 5.32 Å². The molecule has 1 atom stereocenters. The molecule has 2 aromatic rings. The quantitative estimate of drug-likeness (QED) is 0.890. The molecular formula is C20H23NO2. The van der Waals surface area contributed by atoms with Crippen molar-refractivity contribution in [3.63, 3.8) is 0 Å². The number of benzene rings is 2. The topological polar surface area (TPSA) is 49.3 Å². The summed E-state index contributed by atoms with van der Waals surface area (Å²) in [4.78, 5) is 12.4. The first-order valence-electron chi connectivity index (χ1n) is 8.13. The normalized spacial score (nSPS) is 16.7. The molecule has 1 saturated carbocycles. The van der Waals surface area contributed by atoms with E-state index in [1.807, 2.05) is 62.4 Å². The molecular weight excluding hydrogens is 286 g/mol. The molecule has 0 bridgehead atoms. The highest BCUT2D eigenvalue weighted by molar-refractivity contribution is 5.94. The van der Waals surface area contributed by atoms with E-state index in [0.717, 1.165) is 29.5 Å². The molecule has 3 rings (SSSR count). The summed E-state index contributed by atoms with van der Waals surface area (Å²) < 4.78 is 0. The van der Waals surface area contributed by atoms with Crippen LogP contribution in [0.2, 0.25) is 0 Å². The lowest BCUT2D eigenvalue weighted by Crippen LogP contribution is -2.42. The van der Waals surface area contributed by atoms with Crippen LogP contribution < -0.4 is 5.32 Å². The van der Waals surface area contributed by atoms with E-state index in [1.54, 1.807) is 0 Å². The second-order valence-electron chi connectivity index (χ2n) is 6.62. The Balaban J connectivity index is 1.76. The smallest absolute Gasteiger partial charge is 0.251 e. The van der Waals surface area contributed by atoms with Crippen LogP contribution in [0.4, 0.5) is 0 Å². The number of amides is 1. The van der Waals surface area contributed by atoms with Crippen LogP contribution in [-0.2, 0) is 5.60 Å². The fraction of sp³-hybridized carbons (Fsp3) is 0.350. The Hall–Kier alpha value is -2.13. The molecule has 3 heteroatoms. The summed E-state index contributed by atoms with van der Waals surface area (Å²) in [5, 5.41) is 14.0. The second kappa shape index (κ2) is 6.17. The van der Waals surface area contributed by atoms with Crippen molar-refractivity contribution in [3.8, 4) is 0 Å². The van der Waals surface area contributed by atoms with Crippen LogP contribution in [0.5, 0.6) is 0 Å². The molecule has 1 amide bonds. The van der Waals surface area contributed by atoms with Gasteiger partial charge in [-0.05, 0) is 50.3 Å². The summed E-state index contributed by atoms with van der Waals surface area (Å²) in [6.07, 6.45) is 2.01. The van der Waals surface area contributed by atoms with Crippen LogP contribution in [0.25, 0.3) is 0 Å². The van der Waals surface area contributed by atoms with Crippen LogP contribution in [0.1, 0.15) is 39.9 Å². The Bertz CT molecular complexity index is 687. The zero-order valence-electron chi connectivity index (χ0n) is 13.7. The third-order valence-electron chi connectivity index (χ3n) is 4.53. The Kier molecular flexibility index (Phi) is 4.22. The molecule has 2 aromatic carbocycles. The van der Waals surface area contributed by atoms with Crippen molar-refractivity contribution < 1.29 is 9.90 Å². The molecule has 0 radical (unpaired) electrons. The molecule has 120 valence electrons. The molecule has 0 heterocycles. The highest BCUT2D eigenvalue weighted by Crippen LogP contribution is 2.45. The van der Waals surface area contributed by atoms with Crippen molar-refractivity contribution in [3.05, 3.63) is 70.8 Å². The summed E-state index contributed by atoms with van der Waals surface area (Å²) in [7, 11) is 0. The van der Waals surface area contributed by atoms with E-state index < -0.39 is 5.60 Å². The minimum atomic E-state index is -0.976. The first kappa shape index (κ1) is 15.8. The van der Waals surface area contributed by atoms with E-state index in [0.29, 0.717) is 5.56 Å². The number of nitrogens with one attached hydrogen (secondary N) is 1. The zero-order valence-corrected chi connectivity index (χ0v) is 13.7. The molecule has 1 aliphatic carbocycles. The molecule has 0 aromatic heterocycles. The van der Waals surface area contributed by atoms with E-state index in [-0.39, 0.29) is 18.4 Å². The average molecular weight is 309 g/mol. The zero-order chi connectivity index (χ0) is 16.4. The molecule has 0 saturated heterocycles. The lowest BCUT2D eigenvalue weighted by molar-refractivity contribution is 0.0135. The largest absolute Gasteiger partial charge is 0.383 e. The van der Waals surface area contributed by atoms with Crippen molar-refractivity contribution in [2.24, 2.45) is 5.92 Å². The second-order valence-corrected chi connectivity index (χ2v) is 6.62. The lowest BCUT2D eigenvalue weighted by atomic mass is 9.88. The van der Waals surface area contributed by atoms with Gasteiger partial charge in [-0.1, -0.05) is 47.5 Å². The van der Waals surface area contributed by atoms with Crippen molar-refractivity contribution in [2.45, 2.75) is 32.3 Å². The Morgan fingerprint density at radius 1 is 1.13 bits per heavy atom. The molecule has 1 aliphatic rings. The minimum Gasteiger partial charge on any atom is -0.383 e. The molecule has 23 heavy (non-hydrogen) atoms. The Morgan fingerprint density at radius 3 is 2.30 bits per heavy atom. The number of rotatable bonds is 5. The monoisotopic (exact) mass is 309 g/mol. The number of hydrogen-bond acceptors (Lipinski definition) is 2. The average Bonchev–Trinajstić information content (AvgIpc) is 3.37. The highest BCUT2D eigenvalue weighted by Gasteiger charge is 2.45. The van der Waals surface area contributed by atoms with Gasteiger partial charge >= 0.3 is 0 Å². The summed E-state index contributed by atoms with van der Waals surface area (Å²) >= 11 is 0. The minimum absolute atomic E-state index is 0.133. The van der Waals surface area contributed by atoms with Gasteiger partial charge in [0.25, 0.3) is 5.91 Å². The van der Waals surface area contributed by atoms with Gasteiger partial charge < -0.3 is 10.4 Å². The summed E-state index contributed by atoms with van der Waals surface area (Å²) in [6, 6.07) is 15.4. The van der Waals surface area contributed by atoms with Gasteiger partial charge in [-0.3, -0.25) is 4.79 Å². The van der Waals surface area contributed by atoms with E-state index in [4.69, 9.17) is 0 Å². The molecule has 1 unspecified atom stereocenters. The number of aryl methyl sites for hydroxylation is 2. The third-order valence-corrected chi connectivity index (χ3v) is 4.53. The van der Waals surface area contributed by atoms with Crippen LogP contribution in [0.3, 0.4) is 0 Å². The van der Waals surface area contributed by atoms with Crippen LogP contribution in [0, 0.1) is 19.8 Å². The number of hydrogen-bond donors (Lipinski definition) is 2. The lowest BCUT2D eigenvalue weighted by Gasteiger charge is -2.29. The van der Waals surface area contributed by atoms with Crippen LogP contribution in [-0.4, -0.2) is 17.6 Å². The number of aliphatic hydroxyl groups is 1. The molecule has 1 fully saturated rings. The van der Waals surface area contributed by atoms with Crippen LogP contribution >= 0.6 is 0 Å². The maximum atomic E-state index is 12.4. The first-order valence-corrected chi connectivity index (χ1v) is 8.13. The van der Waals surface area contributed by atoms with Crippen LogP contribution in [0.15, 0.2) is 48.5 Å². The molecule has 0 spiro atoms. The molecule has 2 N–H and O–H groups in total. The summed E-state index contributed by atoms with van der Waals surface area (Å²) in [5.74, 6) is 0.0938. The Labute approximate surface area is 137 Å². The van der Waals surface area contributed by atoms with E-state index in [1.165, 1.54) is 0 Å². The van der Waals surface area contributed by atoms with Crippen molar-refractivity contribution in [1.82, 2.24) is 5.32 Å². The first-order chi connectivity index (χ1) is 11.0. The fourth-order valence-corrected chi connectivity index (χ4v) is 3.19. The standard InChI is InChI=1S/C20H23NO2/c1-14-10-15(2)12-16(11-14)19(22)21-13-20(23,18-8-9-18)17-6-4-3-5-7-17/h3-7,10-12,18,23H,8-9,13H2,1-2H3,(H,21,22). The fourth-order valence-electron chi connectivity index (χ4n) is 3.19. The van der Waals surface area contributed by atoms with Crippen molar-refractivity contribution >= 4 is 5.91 Å². The van der Waals surface area contributed by atoms with Gasteiger partial charge in [0.15, 0.2) is 0 Å². The van der Waals surface area contributed by atoms with Crippen molar-refractivity contribution in [1.29, 1.82) is 0 Å². The van der Waals surface area contributed by atoms with E-state index >= 15 is 0 Å². The van der Waals surface area contributed by atoms with Gasteiger partial charge in [-0.15, -0.1) is 0 Å². The van der Waals surface area contributed by atoms with Gasteiger partial charge in [-0.25, -0.2) is 0 Å². The number of carbonyl (C=O) groups is 1. The number of carbonyl (C=O) groups excluding carboxylic acids is 1. The van der Waals surface area contributed by atoms with Gasteiger partial charge in [0.1, 0.15) is 5.60 Å². The van der Waals surface area contributed by atoms with Gasteiger partial charge in [0.05, 0.1) is 6.54 Å². The molecule has 0 aliphatic heterocycles. The Morgan fingerprint density at radius 2 is 1.74 bits per heavy atom. The van der Waals surface area contributed by atoms with Gasteiger partial charge in [0.2, 0.25) is 0 Å². The highest BCUT2D eigenvalue weighted by atomic mass is 16.3. The maximum absolute atomic E-state index is 12.4. The third kappa shape index (κ3) is 3.45. The maximum Gasteiger partial charge on any atom is 0.251 e. The van der Waals surface area contributed by atoms with E-state index in [9.17, 15) is 9.90 Å². The summed E-state index contributed by atoms with van der Waals surface area (Å²) in [5.41, 5.74) is 2.68. The predicted molar refractivity (Wildman–Crippen MR) is 91.3 cm³/mol. The molecule has 3 nitrogen and oxygen atoms in total. The predicted octanol–water partition coefficient (Wildman–Crippen LogP) is 3.33. The summed E-state index contributed by atoms with van der Waals surface area (Å²) in [6.45, 7) is 4.20. The SMILES string of the molecule is Cc1cc(C)cc(C(=O)NCC(O)(c2ccccc2)C2CC2)c1. The van der Waals surface area contributed by atoms with Gasteiger partial charge in [-0.2, -0.15) is 0 Å².